The van der Waals surface area contributed by atoms with Crippen LogP contribution < -0.4 is 5.32 Å². The van der Waals surface area contributed by atoms with E-state index in [4.69, 9.17) is 9.68 Å². The summed E-state index contributed by atoms with van der Waals surface area (Å²) in [5.74, 6) is 1.13. The van der Waals surface area contributed by atoms with Crippen molar-refractivity contribution in [3.63, 3.8) is 0 Å². The number of fused-ring (bicyclic) bond motifs is 1. The number of aryl methyl sites for hydroxylation is 1. The Bertz CT molecular complexity index is 621. The third-order valence-corrected chi connectivity index (χ3v) is 4.04. The minimum Gasteiger partial charge on any atom is -0.469 e. The largest absolute Gasteiger partial charge is 0.469 e. The van der Waals surface area contributed by atoms with E-state index in [1.807, 2.05) is 24.3 Å². The SMILES string of the molecule is CC(NC1CCCc2occc21)c1ccc(C#N)cc1. The highest BCUT2D eigenvalue weighted by Gasteiger charge is 2.23. The van der Waals surface area contributed by atoms with Crippen LogP contribution in [-0.2, 0) is 6.42 Å². The van der Waals surface area contributed by atoms with Crippen molar-refractivity contribution in [2.24, 2.45) is 0 Å². The topological polar surface area (TPSA) is 49.0 Å². The van der Waals surface area contributed by atoms with Crippen LogP contribution in [0.2, 0.25) is 0 Å². The van der Waals surface area contributed by atoms with Crippen molar-refractivity contribution in [1.82, 2.24) is 5.32 Å². The third kappa shape index (κ3) is 2.48. The number of nitriles is 1. The van der Waals surface area contributed by atoms with E-state index in [1.165, 1.54) is 11.1 Å². The molecule has 0 bridgehead atoms. The number of hydrogen-bond acceptors (Lipinski definition) is 3. The lowest BCUT2D eigenvalue weighted by Crippen LogP contribution is -2.27. The van der Waals surface area contributed by atoms with Crippen LogP contribution in [0.5, 0.6) is 0 Å². The van der Waals surface area contributed by atoms with E-state index in [1.54, 1.807) is 6.26 Å². The van der Waals surface area contributed by atoms with Gasteiger partial charge in [0.25, 0.3) is 0 Å². The number of benzene rings is 1. The highest BCUT2D eigenvalue weighted by molar-refractivity contribution is 5.33. The first-order chi connectivity index (χ1) is 9.78. The molecule has 1 aromatic carbocycles. The first-order valence-corrected chi connectivity index (χ1v) is 7.10. The molecule has 1 N–H and O–H groups in total. The summed E-state index contributed by atoms with van der Waals surface area (Å²) in [4.78, 5) is 0. The van der Waals surface area contributed by atoms with E-state index < -0.39 is 0 Å². The van der Waals surface area contributed by atoms with E-state index in [9.17, 15) is 0 Å². The summed E-state index contributed by atoms with van der Waals surface area (Å²) in [6, 6.07) is 12.6. The first-order valence-electron chi connectivity index (χ1n) is 7.10. The quantitative estimate of drug-likeness (QED) is 0.917. The van der Waals surface area contributed by atoms with Gasteiger partial charge in [-0.05, 0) is 43.5 Å². The number of rotatable bonds is 3. The van der Waals surface area contributed by atoms with Crippen LogP contribution >= 0.6 is 0 Å². The minimum absolute atomic E-state index is 0.258. The maximum atomic E-state index is 8.84. The molecule has 102 valence electrons. The summed E-state index contributed by atoms with van der Waals surface area (Å²) in [5.41, 5.74) is 3.21. The lowest BCUT2D eigenvalue weighted by atomic mass is 9.92. The average Bonchev–Trinajstić information content (AvgIpc) is 2.97. The van der Waals surface area contributed by atoms with Crippen molar-refractivity contribution in [1.29, 1.82) is 5.26 Å². The van der Waals surface area contributed by atoms with Gasteiger partial charge in [0, 0.05) is 24.1 Å². The van der Waals surface area contributed by atoms with Gasteiger partial charge in [0.15, 0.2) is 0 Å². The molecular weight excluding hydrogens is 248 g/mol. The predicted molar refractivity (Wildman–Crippen MR) is 77.1 cm³/mol. The number of hydrogen-bond donors (Lipinski definition) is 1. The Balaban J connectivity index is 1.73. The van der Waals surface area contributed by atoms with E-state index >= 15 is 0 Å². The molecule has 2 unspecified atom stereocenters. The Hall–Kier alpha value is -2.05. The van der Waals surface area contributed by atoms with Gasteiger partial charge in [-0.25, -0.2) is 0 Å². The zero-order chi connectivity index (χ0) is 13.9. The van der Waals surface area contributed by atoms with Crippen LogP contribution in [0.3, 0.4) is 0 Å². The van der Waals surface area contributed by atoms with Gasteiger partial charge in [0.05, 0.1) is 17.9 Å². The molecule has 1 aliphatic rings. The van der Waals surface area contributed by atoms with Gasteiger partial charge in [-0.2, -0.15) is 5.26 Å². The zero-order valence-corrected chi connectivity index (χ0v) is 11.6. The molecule has 0 fully saturated rings. The fourth-order valence-electron chi connectivity index (χ4n) is 2.90. The van der Waals surface area contributed by atoms with Crippen LogP contribution in [0.25, 0.3) is 0 Å². The van der Waals surface area contributed by atoms with Crippen LogP contribution in [0.1, 0.15) is 54.3 Å². The molecule has 3 heteroatoms. The van der Waals surface area contributed by atoms with Gasteiger partial charge in [-0.3, -0.25) is 0 Å². The monoisotopic (exact) mass is 266 g/mol. The fourth-order valence-corrected chi connectivity index (χ4v) is 2.90. The molecule has 0 spiro atoms. The van der Waals surface area contributed by atoms with Crippen molar-refractivity contribution >= 4 is 0 Å². The Morgan fingerprint density at radius 3 is 2.85 bits per heavy atom. The Morgan fingerprint density at radius 1 is 1.30 bits per heavy atom. The molecule has 3 rings (SSSR count). The van der Waals surface area contributed by atoms with E-state index in [0.717, 1.165) is 25.0 Å². The highest BCUT2D eigenvalue weighted by Crippen LogP contribution is 2.32. The van der Waals surface area contributed by atoms with Gasteiger partial charge in [0.2, 0.25) is 0 Å². The lowest BCUT2D eigenvalue weighted by molar-refractivity contribution is 0.385. The third-order valence-electron chi connectivity index (χ3n) is 4.04. The molecule has 20 heavy (non-hydrogen) atoms. The number of nitrogens with one attached hydrogen (secondary N) is 1. The number of nitrogens with zero attached hydrogens (tertiary/aromatic N) is 1. The van der Waals surface area contributed by atoms with Crippen molar-refractivity contribution in [3.05, 3.63) is 59.0 Å². The highest BCUT2D eigenvalue weighted by atomic mass is 16.3. The van der Waals surface area contributed by atoms with E-state index in [-0.39, 0.29) is 6.04 Å². The molecule has 2 atom stereocenters. The van der Waals surface area contributed by atoms with Crippen LogP contribution in [0.4, 0.5) is 0 Å². The average molecular weight is 266 g/mol. The predicted octanol–water partition coefficient (Wildman–Crippen LogP) is 3.88. The second kappa shape index (κ2) is 5.52. The molecule has 0 saturated heterocycles. The van der Waals surface area contributed by atoms with Crippen molar-refractivity contribution in [3.8, 4) is 6.07 Å². The summed E-state index contributed by atoms with van der Waals surface area (Å²) in [6.45, 7) is 2.16. The Morgan fingerprint density at radius 2 is 2.10 bits per heavy atom. The van der Waals surface area contributed by atoms with Gasteiger partial charge in [-0.1, -0.05) is 12.1 Å². The summed E-state index contributed by atoms with van der Waals surface area (Å²) >= 11 is 0. The molecular formula is C17H18N2O. The standard InChI is InChI=1S/C17H18N2O/c1-12(14-7-5-13(11-18)6-8-14)19-16-3-2-4-17-15(16)9-10-20-17/h5-10,12,16,19H,2-4H2,1H3. The molecule has 0 saturated carbocycles. The van der Waals surface area contributed by atoms with Crippen molar-refractivity contribution in [2.75, 3.05) is 0 Å². The van der Waals surface area contributed by atoms with Crippen molar-refractivity contribution < 1.29 is 4.42 Å². The summed E-state index contributed by atoms with van der Waals surface area (Å²) < 4.78 is 5.53. The van der Waals surface area contributed by atoms with Gasteiger partial charge in [0.1, 0.15) is 5.76 Å². The summed E-state index contributed by atoms with van der Waals surface area (Å²) in [5, 5.41) is 12.5. The van der Waals surface area contributed by atoms with E-state index in [2.05, 4.69) is 24.4 Å². The maximum Gasteiger partial charge on any atom is 0.108 e. The maximum absolute atomic E-state index is 8.84. The Kier molecular flexibility index (Phi) is 3.58. The Labute approximate surface area is 119 Å². The van der Waals surface area contributed by atoms with Crippen molar-refractivity contribution in [2.45, 2.75) is 38.3 Å². The molecule has 0 aliphatic heterocycles. The van der Waals surface area contributed by atoms with Gasteiger partial charge >= 0.3 is 0 Å². The second-order valence-corrected chi connectivity index (χ2v) is 5.37. The molecule has 1 aromatic heterocycles. The van der Waals surface area contributed by atoms with E-state index in [0.29, 0.717) is 11.6 Å². The molecule has 0 radical (unpaired) electrons. The molecule has 1 heterocycles. The smallest absolute Gasteiger partial charge is 0.108 e. The normalized spacial score (nSPS) is 19.1. The minimum atomic E-state index is 0.258. The lowest BCUT2D eigenvalue weighted by Gasteiger charge is -2.26. The first kappa shape index (κ1) is 13.0. The van der Waals surface area contributed by atoms with Crippen LogP contribution in [0, 0.1) is 11.3 Å². The van der Waals surface area contributed by atoms with Gasteiger partial charge < -0.3 is 9.73 Å². The zero-order valence-electron chi connectivity index (χ0n) is 11.6. The molecule has 2 aromatic rings. The second-order valence-electron chi connectivity index (χ2n) is 5.37. The van der Waals surface area contributed by atoms with Gasteiger partial charge in [-0.15, -0.1) is 0 Å². The van der Waals surface area contributed by atoms with Crippen LogP contribution in [-0.4, -0.2) is 0 Å². The summed E-state index contributed by atoms with van der Waals surface area (Å²) in [7, 11) is 0. The molecule has 1 aliphatic carbocycles. The molecule has 0 amide bonds. The fraction of sp³-hybridized carbons (Fsp3) is 0.353. The van der Waals surface area contributed by atoms with Crippen LogP contribution in [0.15, 0.2) is 41.0 Å². The summed E-state index contributed by atoms with van der Waals surface area (Å²) in [6.07, 6.45) is 5.15. The molecule has 3 nitrogen and oxygen atoms in total. The number of furan rings is 1.